The van der Waals surface area contributed by atoms with E-state index in [4.69, 9.17) is 4.74 Å². The highest BCUT2D eigenvalue weighted by molar-refractivity contribution is 5.86. The zero-order valence-electron chi connectivity index (χ0n) is 8.53. The molecule has 0 aromatic rings. The van der Waals surface area contributed by atoms with Crippen molar-refractivity contribution >= 4 is 5.97 Å². The number of esters is 1. The van der Waals surface area contributed by atoms with E-state index in [2.05, 4.69) is 18.7 Å². The summed E-state index contributed by atoms with van der Waals surface area (Å²) >= 11 is 0. The van der Waals surface area contributed by atoms with Crippen LogP contribution in [0.3, 0.4) is 0 Å². The Balaban J connectivity index is 1.80. The van der Waals surface area contributed by atoms with Crippen LogP contribution in [0.2, 0.25) is 0 Å². The fraction of sp³-hybridized carbons (Fsp3) is 0.583. The predicted molar refractivity (Wildman–Crippen MR) is 54.6 cm³/mol. The van der Waals surface area contributed by atoms with Gasteiger partial charge in [-0.05, 0) is 37.5 Å². The van der Waals surface area contributed by atoms with Gasteiger partial charge in [0.2, 0.25) is 0 Å². The van der Waals surface area contributed by atoms with Gasteiger partial charge in [0, 0.05) is 5.57 Å². The van der Waals surface area contributed by atoms with E-state index in [0.29, 0.717) is 24.0 Å². The second-order valence-corrected chi connectivity index (χ2v) is 4.42. The summed E-state index contributed by atoms with van der Waals surface area (Å²) in [6, 6.07) is 0. The maximum absolute atomic E-state index is 11.2. The molecule has 0 aromatic heterocycles. The Morgan fingerprint density at radius 1 is 1.50 bits per heavy atom. The number of hydrogen-bond acceptors (Lipinski definition) is 2. The average Bonchev–Trinajstić information content (AvgIpc) is 2.74. The van der Waals surface area contributed by atoms with Gasteiger partial charge in [-0.2, -0.15) is 0 Å². The third-order valence-corrected chi connectivity index (χ3v) is 3.19. The first-order valence-corrected chi connectivity index (χ1v) is 5.18. The molecule has 14 heavy (non-hydrogen) atoms. The van der Waals surface area contributed by atoms with Crippen LogP contribution < -0.4 is 0 Å². The van der Waals surface area contributed by atoms with Crippen molar-refractivity contribution in [1.82, 2.24) is 0 Å². The molecular formula is C12H16O2. The van der Waals surface area contributed by atoms with Crippen molar-refractivity contribution in [3.8, 4) is 0 Å². The summed E-state index contributed by atoms with van der Waals surface area (Å²) in [5.41, 5.74) is 0.490. The Kier molecular flexibility index (Phi) is 2.44. The third-order valence-electron chi connectivity index (χ3n) is 3.19. The van der Waals surface area contributed by atoms with E-state index in [-0.39, 0.29) is 5.97 Å². The molecule has 0 saturated heterocycles. The lowest BCUT2D eigenvalue weighted by molar-refractivity contribution is -0.140. The van der Waals surface area contributed by atoms with E-state index in [1.54, 1.807) is 6.92 Å². The lowest BCUT2D eigenvalue weighted by atomic mass is 9.95. The predicted octanol–water partition coefficient (Wildman–Crippen LogP) is 2.32. The summed E-state index contributed by atoms with van der Waals surface area (Å²) in [5, 5.41) is 0. The molecule has 0 aliphatic heterocycles. The number of rotatable bonds is 3. The molecule has 1 saturated carbocycles. The quantitative estimate of drug-likeness (QED) is 0.389. The van der Waals surface area contributed by atoms with E-state index in [0.717, 1.165) is 5.92 Å². The number of allylic oxidation sites excluding steroid dienone is 2. The number of carbonyl (C=O) groups excluding carboxylic acids is 1. The highest BCUT2D eigenvalue weighted by atomic mass is 16.5. The minimum Gasteiger partial charge on any atom is -0.462 e. The Morgan fingerprint density at radius 3 is 2.79 bits per heavy atom. The van der Waals surface area contributed by atoms with Crippen LogP contribution in [-0.4, -0.2) is 12.6 Å². The second-order valence-electron chi connectivity index (χ2n) is 4.42. The summed E-state index contributed by atoms with van der Waals surface area (Å²) in [4.78, 5) is 11.2. The molecule has 3 atom stereocenters. The van der Waals surface area contributed by atoms with Crippen molar-refractivity contribution in [1.29, 1.82) is 0 Å². The molecular weight excluding hydrogens is 176 g/mol. The van der Waals surface area contributed by atoms with Gasteiger partial charge >= 0.3 is 5.97 Å². The molecule has 2 nitrogen and oxygen atoms in total. The van der Waals surface area contributed by atoms with E-state index in [1.165, 1.54) is 12.8 Å². The normalized spacial score (nSPS) is 33.4. The molecule has 2 heteroatoms. The van der Waals surface area contributed by atoms with Crippen LogP contribution in [0.25, 0.3) is 0 Å². The number of carbonyl (C=O) groups is 1. The standard InChI is InChI=1S/C12H16O2/c1-8(2)12(13)14-7-11-6-9-3-4-10(11)5-9/h3-4,9-11H,1,5-7H2,2H3. The minimum atomic E-state index is -0.253. The van der Waals surface area contributed by atoms with Crippen molar-refractivity contribution < 1.29 is 9.53 Å². The molecule has 2 aliphatic carbocycles. The molecule has 3 unspecified atom stereocenters. The lowest BCUT2D eigenvalue weighted by Crippen LogP contribution is -2.17. The maximum atomic E-state index is 11.2. The maximum Gasteiger partial charge on any atom is 0.333 e. The smallest absolute Gasteiger partial charge is 0.333 e. The van der Waals surface area contributed by atoms with Gasteiger partial charge in [-0.3, -0.25) is 0 Å². The fourth-order valence-corrected chi connectivity index (χ4v) is 2.39. The van der Waals surface area contributed by atoms with Gasteiger partial charge < -0.3 is 4.74 Å². The first-order valence-electron chi connectivity index (χ1n) is 5.18. The van der Waals surface area contributed by atoms with Crippen molar-refractivity contribution in [2.24, 2.45) is 17.8 Å². The Bertz CT molecular complexity index is 291. The third kappa shape index (κ3) is 1.74. The molecule has 2 aliphatic rings. The molecule has 0 heterocycles. The number of fused-ring (bicyclic) bond motifs is 2. The van der Waals surface area contributed by atoms with Crippen LogP contribution in [0.15, 0.2) is 24.3 Å². The summed E-state index contributed by atoms with van der Waals surface area (Å²) in [5.74, 6) is 1.69. The van der Waals surface area contributed by atoms with Crippen LogP contribution in [0.4, 0.5) is 0 Å². The van der Waals surface area contributed by atoms with Gasteiger partial charge in [-0.25, -0.2) is 4.79 Å². The highest BCUT2D eigenvalue weighted by Gasteiger charge is 2.36. The van der Waals surface area contributed by atoms with Crippen LogP contribution in [0.5, 0.6) is 0 Å². The Labute approximate surface area is 84.6 Å². The summed E-state index contributed by atoms with van der Waals surface area (Å²) < 4.78 is 5.17. The zero-order valence-corrected chi connectivity index (χ0v) is 8.53. The first-order chi connectivity index (χ1) is 6.66. The fourth-order valence-electron chi connectivity index (χ4n) is 2.39. The van der Waals surface area contributed by atoms with Crippen molar-refractivity contribution in [2.45, 2.75) is 19.8 Å². The molecule has 0 radical (unpaired) electrons. The van der Waals surface area contributed by atoms with Gasteiger partial charge in [0.05, 0.1) is 6.61 Å². The van der Waals surface area contributed by atoms with Crippen LogP contribution in [-0.2, 0) is 9.53 Å². The first kappa shape index (κ1) is 9.50. The van der Waals surface area contributed by atoms with Gasteiger partial charge in [-0.15, -0.1) is 0 Å². The molecule has 0 amide bonds. The zero-order chi connectivity index (χ0) is 10.1. The molecule has 1 fully saturated rings. The van der Waals surface area contributed by atoms with E-state index < -0.39 is 0 Å². The molecule has 2 rings (SSSR count). The highest BCUT2D eigenvalue weighted by Crippen LogP contribution is 2.43. The number of ether oxygens (including phenoxy) is 1. The van der Waals surface area contributed by atoms with Crippen LogP contribution in [0, 0.1) is 17.8 Å². The summed E-state index contributed by atoms with van der Waals surface area (Å²) in [6.45, 7) is 5.81. The van der Waals surface area contributed by atoms with Crippen molar-refractivity contribution in [3.63, 3.8) is 0 Å². The van der Waals surface area contributed by atoms with Crippen LogP contribution in [0.1, 0.15) is 19.8 Å². The van der Waals surface area contributed by atoms with E-state index in [1.807, 2.05) is 0 Å². The number of hydrogen-bond donors (Lipinski definition) is 0. The van der Waals surface area contributed by atoms with Crippen molar-refractivity contribution in [3.05, 3.63) is 24.3 Å². The molecule has 0 aromatic carbocycles. The monoisotopic (exact) mass is 192 g/mol. The second kappa shape index (κ2) is 3.60. The SMILES string of the molecule is C=C(C)C(=O)OCC1CC2C=CC1C2. The molecule has 0 spiro atoms. The molecule has 76 valence electrons. The average molecular weight is 192 g/mol. The van der Waals surface area contributed by atoms with Crippen molar-refractivity contribution in [2.75, 3.05) is 6.61 Å². The Morgan fingerprint density at radius 2 is 2.29 bits per heavy atom. The van der Waals surface area contributed by atoms with Gasteiger partial charge in [0.1, 0.15) is 0 Å². The molecule has 2 bridgehead atoms. The van der Waals surface area contributed by atoms with Crippen LogP contribution >= 0.6 is 0 Å². The minimum absolute atomic E-state index is 0.253. The van der Waals surface area contributed by atoms with Gasteiger partial charge in [0.25, 0.3) is 0 Å². The Hall–Kier alpha value is -1.05. The van der Waals surface area contributed by atoms with Gasteiger partial charge in [0.15, 0.2) is 0 Å². The van der Waals surface area contributed by atoms with E-state index >= 15 is 0 Å². The summed E-state index contributed by atoms with van der Waals surface area (Å²) in [7, 11) is 0. The lowest BCUT2D eigenvalue weighted by Gasteiger charge is -2.17. The topological polar surface area (TPSA) is 26.3 Å². The largest absolute Gasteiger partial charge is 0.462 e. The summed E-state index contributed by atoms with van der Waals surface area (Å²) in [6.07, 6.45) is 7.01. The van der Waals surface area contributed by atoms with Gasteiger partial charge in [-0.1, -0.05) is 18.7 Å². The molecule has 0 N–H and O–H groups in total. The van der Waals surface area contributed by atoms with E-state index in [9.17, 15) is 4.79 Å².